The van der Waals surface area contributed by atoms with Crippen molar-refractivity contribution in [1.29, 1.82) is 0 Å². The lowest BCUT2D eigenvalue weighted by Crippen LogP contribution is -2.42. The predicted molar refractivity (Wildman–Crippen MR) is 123 cm³/mol. The summed E-state index contributed by atoms with van der Waals surface area (Å²) in [6, 6.07) is 7.96. The van der Waals surface area contributed by atoms with E-state index in [1.54, 1.807) is 0 Å². The molecule has 1 saturated carbocycles. The zero-order valence-electron chi connectivity index (χ0n) is 17.9. The van der Waals surface area contributed by atoms with Crippen LogP contribution in [0.15, 0.2) is 35.0 Å². The fourth-order valence-corrected chi connectivity index (χ4v) is 4.37. The Balaban J connectivity index is 1.34. The SMILES string of the molecule is Cc1oc2ncnc(NC3(C)CC3)c2c1C(=O)N1CCC(Oc2ccccc2P)CC1. The molecule has 0 spiro atoms. The number of anilines is 1. The van der Waals surface area contributed by atoms with Gasteiger partial charge in [0, 0.05) is 36.8 Å². The van der Waals surface area contributed by atoms with Crippen molar-refractivity contribution in [2.24, 2.45) is 0 Å². The Hall–Kier alpha value is -2.66. The maximum Gasteiger partial charge on any atom is 0.258 e. The molecule has 1 aromatic carbocycles. The van der Waals surface area contributed by atoms with Gasteiger partial charge in [0.05, 0.1) is 10.9 Å². The number of aromatic nitrogens is 2. The van der Waals surface area contributed by atoms with Gasteiger partial charge in [-0.1, -0.05) is 18.2 Å². The number of hydrogen-bond acceptors (Lipinski definition) is 6. The van der Waals surface area contributed by atoms with Crippen LogP contribution in [0.4, 0.5) is 5.82 Å². The average molecular weight is 438 g/mol. The number of piperidine rings is 1. The third-order valence-electron chi connectivity index (χ3n) is 6.24. The highest BCUT2D eigenvalue weighted by molar-refractivity contribution is 7.27. The van der Waals surface area contributed by atoms with Crippen molar-refractivity contribution in [3.8, 4) is 5.75 Å². The van der Waals surface area contributed by atoms with E-state index in [-0.39, 0.29) is 17.6 Å². The number of benzene rings is 1. The molecule has 1 aliphatic carbocycles. The van der Waals surface area contributed by atoms with Crippen LogP contribution in [0.2, 0.25) is 0 Å². The summed E-state index contributed by atoms with van der Waals surface area (Å²) in [6.07, 6.45) is 5.35. The third kappa shape index (κ3) is 3.99. The van der Waals surface area contributed by atoms with Crippen molar-refractivity contribution in [2.45, 2.75) is 51.2 Å². The number of amides is 1. The van der Waals surface area contributed by atoms with Crippen LogP contribution < -0.4 is 15.4 Å². The van der Waals surface area contributed by atoms with Gasteiger partial charge >= 0.3 is 0 Å². The van der Waals surface area contributed by atoms with Gasteiger partial charge in [0.2, 0.25) is 5.71 Å². The number of fused-ring (bicyclic) bond motifs is 1. The summed E-state index contributed by atoms with van der Waals surface area (Å²) >= 11 is 0. The number of carbonyl (C=O) groups excluding carboxylic acids is 1. The van der Waals surface area contributed by atoms with E-state index in [1.165, 1.54) is 6.33 Å². The highest BCUT2D eigenvalue weighted by atomic mass is 31.0. The molecule has 7 nitrogen and oxygen atoms in total. The normalized spacial score (nSPS) is 18.2. The molecule has 5 rings (SSSR count). The Morgan fingerprint density at radius 2 is 2.00 bits per heavy atom. The van der Waals surface area contributed by atoms with Crippen molar-refractivity contribution >= 4 is 37.4 Å². The molecular formula is C23H27N4O3P. The van der Waals surface area contributed by atoms with E-state index in [1.807, 2.05) is 36.1 Å². The Kier molecular flexibility index (Phi) is 5.09. The number of hydrogen-bond donors (Lipinski definition) is 1. The summed E-state index contributed by atoms with van der Waals surface area (Å²) < 4.78 is 12.0. The van der Waals surface area contributed by atoms with E-state index in [4.69, 9.17) is 9.15 Å². The minimum atomic E-state index is -0.0278. The summed E-state index contributed by atoms with van der Waals surface area (Å²) in [5.41, 5.74) is 1.06. The first-order valence-corrected chi connectivity index (χ1v) is 11.3. The van der Waals surface area contributed by atoms with Gasteiger partial charge in [0.1, 0.15) is 29.8 Å². The maximum absolute atomic E-state index is 13.5. The van der Waals surface area contributed by atoms with E-state index in [9.17, 15) is 4.79 Å². The van der Waals surface area contributed by atoms with Gasteiger partial charge in [-0.05, 0) is 32.8 Å². The van der Waals surface area contributed by atoms with Crippen LogP contribution in [0.25, 0.3) is 11.1 Å². The van der Waals surface area contributed by atoms with Crippen molar-refractivity contribution in [1.82, 2.24) is 14.9 Å². The molecule has 1 N–H and O–H groups in total. The molecule has 2 aromatic heterocycles. The second-order valence-corrected chi connectivity index (χ2v) is 9.39. The van der Waals surface area contributed by atoms with Gasteiger partial charge in [-0.2, -0.15) is 0 Å². The lowest BCUT2D eigenvalue weighted by Gasteiger charge is -2.32. The molecule has 3 aromatic rings. The van der Waals surface area contributed by atoms with Crippen molar-refractivity contribution < 1.29 is 13.9 Å². The molecule has 1 saturated heterocycles. The number of likely N-dealkylation sites (tertiary alicyclic amines) is 1. The van der Waals surface area contributed by atoms with Crippen molar-refractivity contribution in [3.05, 3.63) is 41.9 Å². The van der Waals surface area contributed by atoms with Crippen LogP contribution in [-0.2, 0) is 0 Å². The molecule has 1 amide bonds. The number of aryl methyl sites for hydroxylation is 1. The first-order valence-electron chi connectivity index (χ1n) is 10.8. The zero-order chi connectivity index (χ0) is 21.6. The quantitative estimate of drug-likeness (QED) is 0.612. The Morgan fingerprint density at radius 1 is 1.26 bits per heavy atom. The number of carbonyl (C=O) groups is 1. The van der Waals surface area contributed by atoms with E-state index < -0.39 is 0 Å². The highest BCUT2D eigenvalue weighted by Crippen LogP contribution is 2.40. The van der Waals surface area contributed by atoms with Gasteiger partial charge in [-0.25, -0.2) is 9.97 Å². The van der Waals surface area contributed by atoms with Crippen LogP contribution in [0.1, 0.15) is 48.7 Å². The molecule has 1 aliphatic heterocycles. The number of nitrogens with zero attached hydrogens (tertiary/aromatic N) is 3. The van der Waals surface area contributed by atoms with Gasteiger partial charge in [-0.3, -0.25) is 4.79 Å². The fourth-order valence-electron chi connectivity index (χ4n) is 4.10. The summed E-state index contributed by atoms with van der Waals surface area (Å²) in [4.78, 5) is 24.1. The largest absolute Gasteiger partial charge is 0.490 e. The summed E-state index contributed by atoms with van der Waals surface area (Å²) in [5.74, 6) is 2.12. The molecule has 31 heavy (non-hydrogen) atoms. The molecule has 3 heterocycles. The number of para-hydroxylation sites is 1. The molecule has 0 radical (unpaired) electrons. The van der Waals surface area contributed by atoms with Crippen LogP contribution in [0.3, 0.4) is 0 Å². The van der Waals surface area contributed by atoms with Gasteiger partial charge in [-0.15, -0.1) is 9.24 Å². The highest BCUT2D eigenvalue weighted by Gasteiger charge is 2.39. The second-order valence-electron chi connectivity index (χ2n) is 8.77. The van der Waals surface area contributed by atoms with E-state index in [2.05, 4.69) is 31.4 Å². The monoisotopic (exact) mass is 438 g/mol. The molecule has 2 aliphatic rings. The standard InChI is InChI=1S/C23H27N4O3P/c1-14-18(19-20(26-23(2)9-10-23)24-13-25-21(19)29-14)22(28)27-11-7-15(8-12-27)30-16-5-3-4-6-17(16)31/h3-6,13,15H,7-12,31H2,1-2H3,(H,24,25,26). The van der Waals surface area contributed by atoms with Crippen LogP contribution in [-0.4, -0.2) is 45.5 Å². The average Bonchev–Trinajstić information content (AvgIpc) is 3.38. The topological polar surface area (TPSA) is 80.5 Å². The summed E-state index contributed by atoms with van der Waals surface area (Å²) in [5, 5.41) is 5.22. The molecule has 0 bridgehead atoms. The predicted octanol–water partition coefficient (Wildman–Crippen LogP) is 3.68. The minimum absolute atomic E-state index is 0.0278. The van der Waals surface area contributed by atoms with Gasteiger partial charge < -0.3 is 19.4 Å². The molecular weight excluding hydrogens is 411 g/mol. The van der Waals surface area contributed by atoms with E-state index in [0.29, 0.717) is 41.3 Å². The lowest BCUT2D eigenvalue weighted by atomic mass is 10.0. The van der Waals surface area contributed by atoms with Crippen molar-refractivity contribution in [2.75, 3.05) is 18.4 Å². The Morgan fingerprint density at radius 3 is 2.71 bits per heavy atom. The minimum Gasteiger partial charge on any atom is -0.490 e. The second kappa shape index (κ2) is 7.79. The summed E-state index contributed by atoms with van der Waals surface area (Å²) in [7, 11) is 2.71. The number of rotatable bonds is 5. The molecule has 2 fully saturated rings. The van der Waals surface area contributed by atoms with Gasteiger partial charge in [0.15, 0.2) is 0 Å². The van der Waals surface area contributed by atoms with E-state index >= 15 is 0 Å². The van der Waals surface area contributed by atoms with Crippen LogP contribution in [0, 0.1) is 6.92 Å². The van der Waals surface area contributed by atoms with Crippen LogP contribution >= 0.6 is 9.24 Å². The zero-order valence-corrected chi connectivity index (χ0v) is 19.0. The summed E-state index contributed by atoms with van der Waals surface area (Å²) in [6.45, 7) is 5.27. The van der Waals surface area contributed by atoms with Crippen molar-refractivity contribution in [3.63, 3.8) is 0 Å². The maximum atomic E-state index is 13.5. The number of nitrogens with one attached hydrogen (secondary N) is 1. The third-order valence-corrected chi connectivity index (χ3v) is 6.72. The smallest absolute Gasteiger partial charge is 0.258 e. The first kappa shape index (κ1) is 20.3. The van der Waals surface area contributed by atoms with E-state index in [0.717, 1.165) is 36.7 Å². The Labute approximate surface area is 183 Å². The fraction of sp³-hybridized carbons (Fsp3) is 0.435. The molecule has 162 valence electrons. The first-order chi connectivity index (χ1) is 14.9. The Bertz CT molecular complexity index is 1130. The number of ether oxygens (including phenoxy) is 1. The molecule has 8 heteroatoms. The molecule has 1 atom stereocenters. The van der Waals surface area contributed by atoms with Crippen LogP contribution in [0.5, 0.6) is 5.75 Å². The number of furan rings is 1. The van der Waals surface area contributed by atoms with Gasteiger partial charge in [0.25, 0.3) is 5.91 Å². The molecule has 1 unspecified atom stereocenters. The lowest BCUT2D eigenvalue weighted by molar-refractivity contribution is 0.0597.